The van der Waals surface area contributed by atoms with Gasteiger partial charge in [-0.25, -0.2) is 9.59 Å². The minimum absolute atomic E-state index is 0.146. The first-order valence-corrected chi connectivity index (χ1v) is 9.43. The van der Waals surface area contributed by atoms with E-state index in [-0.39, 0.29) is 5.92 Å². The number of imide groups is 1. The highest BCUT2D eigenvalue weighted by molar-refractivity contribution is 6.10. The van der Waals surface area contributed by atoms with Crippen LogP contribution in [0.15, 0.2) is 24.3 Å². The first kappa shape index (κ1) is 19.9. The second-order valence-corrected chi connectivity index (χ2v) is 7.34. The highest BCUT2D eigenvalue weighted by atomic mass is 16.5. The average Bonchev–Trinajstić information content (AvgIpc) is 3.18. The van der Waals surface area contributed by atoms with Gasteiger partial charge in [-0.15, -0.1) is 0 Å². The summed E-state index contributed by atoms with van der Waals surface area (Å²) in [4.78, 5) is 50.9. The number of rotatable bonds is 6. The maximum absolute atomic E-state index is 13.1. The molecule has 3 rings (SSSR count). The maximum atomic E-state index is 13.1. The first-order chi connectivity index (χ1) is 13.3. The van der Waals surface area contributed by atoms with Gasteiger partial charge >= 0.3 is 12.0 Å². The molecule has 1 fully saturated rings. The first-order valence-electron chi connectivity index (χ1n) is 9.43. The third kappa shape index (κ3) is 3.23. The Morgan fingerprint density at radius 1 is 1.32 bits per heavy atom. The summed E-state index contributed by atoms with van der Waals surface area (Å²) >= 11 is 0. The zero-order chi connectivity index (χ0) is 20.5. The van der Waals surface area contributed by atoms with Crippen molar-refractivity contribution in [2.75, 3.05) is 13.7 Å². The summed E-state index contributed by atoms with van der Waals surface area (Å²) in [6.07, 6.45) is 1.80. The number of benzene rings is 1. The molecule has 1 aliphatic heterocycles. The largest absolute Gasteiger partial charge is 0.467 e. The van der Waals surface area contributed by atoms with E-state index in [1.54, 1.807) is 0 Å². The normalized spacial score (nSPS) is 22.6. The number of methoxy groups -OCH3 is 1. The summed E-state index contributed by atoms with van der Waals surface area (Å²) in [5, 5.41) is 5.37. The molecule has 0 saturated carbocycles. The van der Waals surface area contributed by atoms with Gasteiger partial charge in [-0.2, -0.15) is 0 Å². The van der Waals surface area contributed by atoms with Crippen molar-refractivity contribution in [1.29, 1.82) is 0 Å². The Balaban J connectivity index is 1.75. The molecule has 1 heterocycles. The van der Waals surface area contributed by atoms with Crippen LogP contribution in [-0.4, -0.2) is 48.4 Å². The Morgan fingerprint density at radius 2 is 2.04 bits per heavy atom. The molecule has 1 aromatic rings. The second kappa shape index (κ2) is 7.61. The Kier molecular flexibility index (Phi) is 5.40. The lowest BCUT2D eigenvalue weighted by Gasteiger charge is -2.24. The van der Waals surface area contributed by atoms with E-state index in [9.17, 15) is 19.2 Å². The Morgan fingerprint density at radius 3 is 2.71 bits per heavy atom. The van der Waals surface area contributed by atoms with Gasteiger partial charge in [-0.05, 0) is 29.9 Å². The Bertz CT molecular complexity index is 824. The quantitative estimate of drug-likeness (QED) is 0.561. The molecule has 4 amide bonds. The third-order valence-corrected chi connectivity index (χ3v) is 5.71. The summed E-state index contributed by atoms with van der Waals surface area (Å²) in [5.41, 5.74) is 0.695. The summed E-state index contributed by atoms with van der Waals surface area (Å²) in [5.74, 6) is -1.72. The molecule has 1 aromatic carbocycles. The third-order valence-electron chi connectivity index (χ3n) is 5.71. The molecule has 0 bridgehead atoms. The molecule has 1 spiro atoms. The van der Waals surface area contributed by atoms with E-state index in [2.05, 4.69) is 10.6 Å². The lowest BCUT2D eigenvalue weighted by atomic mass is 9.92. The predicted octanol–water partition coefficient (Wildman–Crippen LogP) is 1.08. The van der Waals surface area contributed by atoms with Gasteiger partial charge in [0.05, 0.1) is 7.11 Å². The molecule has 0 aromatic heterocycles. The van der Waals surface area contributed by atoms with Crippen LogP contribution in [0.3, 0.4) is 0 Å². The van der Waals surface area contributed by atoms with Gasteiger partial charge in [0, 0.05) is 0 Å². The van der Waals surface area contributed by atoms with Crippen molar-refractivity contribution in [1.82, 2.24) is 15.5 Å². The summed E-state index contributed by atoms with van der Waals surface area (Å²) in [6.45, 7) is 3.27. The molecule has 1 aliphatic carbocycles. The van der Waals surface area contributed by atoms with Crippen LogP contribution >= 0.6 is 0 Å². The van der Waals surface area contributed by atoms with Crippen LogP contribution in [0.25, 0.3) is 0 Å². The van der Waals surface area contributed by atoms with Gasteiger partial charge in [0.25, 0.3) is 5.91 Å². The molecule has 150 valence electrons. The van der Waals surface area contributed by atoms with Crippen molar-refractivity contribution in [3.05, 3.63) is 35.4 Å². The van der Waals surface area contributed by atoms with Crippen molar-refractivity contribution in [3.63, 3.8) is 0 Å². The van der Waals surface area contributed by atoms with Gasteiger partial charge in [-0.3, -0.25) is 14.5 Å². The highest BCUT2D eigenvalue weighted by Crippen LogP contribution is 2.41. The number of hydrogen-bond donors (Lipinski definition) is 2. The van der Waals surface area contributed by atoms with Crippen molar-refractivity contribution in [2.24, 2.45) is 5.92 Å². The zero-order valence-corrected chi connectivity index (χ0v) is 16.3. The van der Waals surface area contributed by atoms with Gasteiger partial charge in [0.2, 0.25) is 5.91 Å². The number of carbonyl (C=O) groups is 4. The van der Waals surface area contributed by atoms with Crippen molar-refractivity contribution >= 4 is 23.8 Å². The fraction of sp³-hybridized carbons (Fsp3) is 0.500. The van der Waals surface area contributed by atoms with Gasteiger partial charge in [0.15, 0.2) is 0 Å². The molecule has 8 heteroatoms. The maximum Gasteiger partial charge on any atom is 0.328 e. The average molecular weight is 387 g/mol. The van der Waals surface area contributed by atoms with Crippen molar-refractivity contribution < 1.29 is 23.9 Å². The number of hydrogen-bond acceptors (Lipinski definition) is 5. The molecule has 0 unspecified atom stereocenters. The molecular formula is C20H25N3O5. The number of aryl methyl sites for hydroxylation is 1. The molecule has 8 nitrogen and oxygen atoms in total. The van der Waals surface area contributed by atoms with E-state index >= 15 is 0 Å². The van der Waals surface area contributed by atoms with Crippen LogP contribution < -0.4 is 10.6 Å². The fourth-order valence-electron chi connectivity index (χ4n) is 3.89. The van der Waals surface area contributed by atoms with Crippen LogP contribution in [0.5, 0.6) is 0 Å². The molecule has 2 N–H and O–H groups in total. The van der Waals surface area contributed by atoms with E-state index in [0.29, 0.717) is 19.3 Å². The molecule has 1 saturated heterocycles. The predicted molar refractivity (Wildman–Crippen MR) is 100 cm³/mol. The van der Waals surface area contributed by atoms with Gasteiger partial charge < -0.3 is 15.4 Å². The molecule has 3 atom stereocenters. The topological polar surface area (TPSA) is 105 Å². The summed E-state index contributed by atoms with van der Waals surface area (Å²) in [6, 6.07) is 6.06. The van der Waals surface area contributed by atoms with Gasteiger partial charge in [0.1, 0.15) is 18.1 Å². The standard InChI is InChI=1S/C20H25N3O5/c1-4-12(2)16(17(25)28-3)21-15(24)11-23-18(26)20(22-19(23)27)10-9-13-7-5-6-8-14(13)20/h5-8,12,16H,4,9-11H2,1-3H3,(H,21,24)(H,22,27)/t12-,16-,20-/m0/s1. The number of carbonyl (C=O) groups excluding carboxylic acids is 4. The highest BCUT2D eigenvalue weighted by Gasteiger charge is 2.55. The molecule has 0 radical (unpaired) electrons. The van der Waals surface area contributed by atoms with E-state index in [1.165, 1.54) is 7.11 Å². The number of urea groups is 1. The number of nitrogens with one attached hydrogen (secondary N) is 2. The lowest BCUT2D eigenvalue weighted by molar-refractivity contribution is -0.146. The minimum atomic E-state index is -1.10. The Labute approximate surface area is 163 Å². The van der Waals surface area contributed by atoms with Crippen molar-refractivity contribution in [2.45, 2.75) is 44.7 Å². The monoisotopic (exact) mass is 387 g/mol. The second-order valence-electron chi connectivity index (χ2n) is 7.34. The lowest BCUT2D eigenvalue weighted by Crippen LogP contribution is -2.50. The molecule has 2 aliphatic rings. The van der Waals surface area contributed by atoms with Crippen molar-refractivity contribution in [3.8, 4) is 0 Å². The summed E-state index contributed by atoms with van der Waals surface area (Å²) in [7, 11) is 1.25. The SMILES string of the molecule is CC[C@H](C)[C@H](NC(=O)CN1C(=O)N[C@]2(CCc3ccccc32)C1=O)C(=O)OC. The summed E-state index contributed by atoms with van der Waals surface area (Å²) < 4.78 is 4.75. The van der Waals surface area contributed by atoms with E-state index in [4.69, 9.17) is 4.74 Å². The number of esters is 1. The number of nitrogens with zero attached hydrogens (tertiary/aromatic N) is 1. The minimum Gasteiger partial charge on any atom is -0.467 e. The van der Waals surface area contributed by atoms with Crippen LogP contribution in [0.1, 0.15) is 37.8 Å². The number of amides is 4. The van der Waals surface area contributed by atoms with E-state index < -0.39 is 41.9 Å². The fourth-order valence-corrected chi connectivity index (χ4v) is 3.89. The Hall–Kier alpha value is -2.90. The molecular weight excluding hydrogens is 362 g/mol. The van der Waals surface area contributed by atoms with Crippen LogP contribution in [-0.2, 0) is 31.1 Å². The zero-order valence-electron chi connectivity index (χ0n) is 16.3. The van der Waals surface area contributed by atoms with Crippen LogP contribution in [0, 0.1) is 5.92 Å². The van der Waals surface area contributed by atoms with E-state index in [1.807, 2.05) is 38.1 Å². The molecule has 28 heavy (non-hydrogen) atoms. The number of fused-ring (bicyclic) bond motifs is 2. The smallest absolute Gasteiger partial charge is 0.328 e. The van der Waals surface area contributed by atoms with Crippen LogP contribution in [0.4, 0.5) is 4.79 Å². The van der Waals surface area contributed by atoms with E-state index in [0.717, 1.165) is 16.0 Å². The van der Waals surface area contributed by atoms with Crippen LogP contribution in [0.2, 0.25) is 0 Å². The number of ether oxygens (including phenoxy) is 1. The van der Waals surface area contributed by atoms with Gasteiger partial charge in [-0.1, -0.05) is 44.5 Å².